The van der Waals surface area contributed by atoms with E-state index >= 15 is 0 Å². The molecule has 1 unspecified atom stereocenters. The molecule has 7 nitrogen and oxygen atoms in total. The third kappa shape index (κ3) is 3.81. The van der Waals surface area contributed by atoms with Crippen LogP contribution in [0.2, 0.25) is 5.02 Å². The Morgan fingerprint density at radius 1 is 1.28 bits per heavy atom. The maximum atomic E-state index is 12.8. The van der Waals surface area contributed by atoms with Gasteiger partial charge in [0.1, 0.15) is 5.54 Å². The maximum Gasteiger partial charge on any atom is 0.344 e. The molecular formula is C19H15ClN4O3S2. The molecule has 1 saturated heterocycles. The Balaban J connectivity index is 1.41. The molecule has 2 heterocycles. The number of hydrogen-bond donors (Lipinski definition) is 2. The number of aromatic nitrogens is 1. The number of imide groups is 1. The van der Waals surface area contributed by atoms with Gasteiger partial charge < -0.3 is 5.32 Å². The Morgan fingerprint density at radius 3 is 2.79 bits per heavy atom. The predicted molar refractivity (Wildman–Crippen MR) is 113 cm³/mol. The van der Waals surface area contributed by atoms with Gasteiger partial charge in [0, 0.05) is 5.02 Å². The zero-order valence-corrected chi connectivity index (χ0v) is 17.5. The van der Waals surface area contributed by atoms with Crippen molar-refractivity contribution in [1.82, 2.24) is 20.7 Å². The predicted octanol–water partition coefficient (Wildman–Crippen LogP) is 3.54. The lowest BCUT2D eigenvalue weighted by molar-refractivity contribution is -0.138. The molecule has 0 radical (unpaired) electrons. The molecule has 2 aromatic carbocycles. The summed E-state index contributed by atoms with van der Waals surface area (Å²) in [6.45, 7) is 1.61. The lowest BCUT2D eigenvalue weighted by atomic mass is 9.92. The topological polar surface area (TPSA) is 91.4 Å². The third-order valence-electron chi connectivity index (χ3n) is 4.44. The quantitative estimate of drug-likeness (QED) is 0.462. The maximum absolute atomic E-state index is 12.8. The Morgan fingerprint density at radius 2 is 2.03 bits per heavy atom. The molecule has 2 N–H and O–H groups in total. The number of hydrazine groups is 1. The van der Waals surface area contributed by atoms with Crippen LogP contribution in [0.1, 0.15) is 12.5 Å². The van der Waals surface area contributed by atoms with Crippen molar-refractivity contribution >= 4 is 62.8 Å². The number of rotatable bonds is 5. The first-order valence-electron chi connectivity index (χ1n) is 8.57. The van der Waals surface area contributed by atoms with E-state index in [0.29, 0.717) is 14.9 Å². The van der Waals surface area contributed by atoms with E-state index in [2.05, 4.69) is 15.7 Å². The molecular weight excluding hydrogens is 432 g/mol. The lowest BCUT2D eigenvalue weighted by Gasteiger charge is -2.22. The van der Waals surface area contributed by atoms with Gasteiger partial charge in [-0.15, -0.1) is 11.3 Å². The van der Waals surface area contributed by atoms with E-state index in [-0.39, 0.29) is 5.75 Å². The summed E-state index contributed by atoms with van der Waals surface area (Å²) in [4.78, 5) is 41.8. The van der Waals surface area contributed by atoms with Gasteiger partial charge >= 0.3 is 6.03 Å². The van der Waals surface area contributed by atoms with Crippen molar-refractivity contribution in [2.45, 2.75) is 16.8 Å². The number of thiazole rings is 1. The first-order valence-corrected chi connectivity index (χ1v) is 10.8. The fraction of sp³-hybridized carbons (Fsp3) is 0.158. The summed E-state index contributed by atoms with van der Waals surface area (Å²) in [5.41, 5.74) is 2.55. The number of benzene rings is 2. The van der Waals surface area contributed by atoms with Crippen LogP contribution in [-0.2, 0) is 15.1 Å². The van der Waals surface area contributed by atoms with E-state index in [0.717, 1.165) is 15.2 Å². The minimum atomic E-state index is -1.23. The summed E-state index contributed by atoms with van der Waals surface area (Å²) in [6, 6.07) is 13.6. The molecule has 1 fully saturated rings. The van der Waals surface area contributed by atoms with Gasteiger partial charge in [-0.05, 0) is 30.7 Å². The molecule has 1 aliphatic rings. The Hall–Kier alpha value is -2.62. The zero-order valence-electron chi connectivity index (χ0n) is 15.1. The summed E-state index contributed by atoms with van der Waals surface area (Å²) in [5, 5.41) is 3.97. The highest BCUT2D eigenvalue weighted by atomic mass is 35.5. The normalized spacial score (nSPS) is 18.9. The summed E-state index contributed by atoms with van der Waals surface area (Å²) in [7, 11) is 0. The van der Waals surface area contributed by atoms with Crippen LogP contribution in [0.5, 0.6) is 0 Å². The van der Waals surface area contributed by atoms with Crippen LogP contribution in [-0.4, -0.2) is 33.6 Å². The highest BCUT2D eigenvalue weighted by Gasteiger charge is 2.49. The molecule has 1 aliphatic heterocycles. The smallest absolute Gasteiger partial charge is 0.318 e. The van der Waals surface area contributed by atoms with E-state index < -0.39 is 23.4 Å². The molecule has 4 amide bonds. The van der Waals surface area contributed by atoms with E-state index in [4.69, 9.17) is 11.6 Å². The molecule has 148 valence electrons. The highest BCUT2D eigenvalue weighted by Crippen LogP contribution is 2.31. The van der Waals surface area contributed by atoms with Gasteiger partial charge in [0.2, 0.25) is 5.91 Å². The van der Waals surface area contributed by atoms with Crippen LogP contribution < -0.4 is 10.7 Å². The number of thioether (sulfide) groups is 1. The molecule has 1 aromatic heterocycles. The van der Waals surface area contributed by atoms with Crippen molar-refractivity contribution in [2.75, 3.05) is 5.75 Å². The minimum Gasteiger partial charge on any atom is -0.318 e. The van der Waals surface area contributed by atoms with Gasteiger partial charge in [-0.2, -0.15) is 5.01 Å². The Bertz CT molecular complexity index is 1120. The largest absolute Gasteiger partial charge is 0.344 e. The van der Waals surface area contributed by atoms with Crippen molar-refractivity contribution in [3.8, 4) is 0 Å². The van der Waals surface area contributed by atoms with E-state index in [1.807, 2.05) is 12.1 Å². The standard InChI is InChI=1S/C19H15ClN4O3S2/c1-19(11-5-3-2-4-6-11)16(26)24(17(27)22-19)23-15(25)10-28-18-21-13-9-12(20)7-8-14(13)29-18/h2-9H,10H2,1H3,(H,22,27)(H,23,25). The molecule has 0 bridgehead atoms. The number of amides is 4. The first-order chi connectivity index (χ1) is 13.9. The summed E-state index contributed by atoms with van der Waals surface area (Å²) < 4.78 is 1.66. The average Bonchev–Trinajstić information content (AvgIpc) is 3.21. The average molecular weight is 447 g/mol. The Kier molecular flexibility index (Phi) is 5.20. The molecule has 0 aliphatic carbocycles. The summed E-state index contributed by atoms with van der Waals surface area (Å²) in [6.07, 6.45) is 0. The molecule has 29 heavy (non-hydrogen) atoms. The van der Waals surface area contributed by atoms with Gasteiger partial charge in [-0.25, -0.2) is 9.78 Å². The van der Waals surface area contributed by atoms with Crippen molar-refractivity contribution in [3.05, 3.63) is 59.1 Å². The monoisotopic (exact) mass is 446 g/mol. The van der Waals surface area contributed by atoms with Gasteiger partial charge in [0.05, 0.1) is 16.0 Å². The molecule has 10 heteroatoms. The number of urea groups is 1. The van der Waals surface area contributed by atoms with Crippen molar-refractivity contribution in [2.24, 2.45) is 0 Å². The molecule has 0 saturated carbocycles. The van der Waals surface area contributed by atoms with Gasteiger partial charge in [0.25, 0.3) is 5.91 Å². The number of carbonyl (C=O) groups is 3. The second-order valence-corrected chi connectivity index (χ2v) is 9.17. The van der Waals surface area contributed by atoms with Crippen molar-refractivity contribution in [1.29, 1.82) is 0 Å². The van der Waals surface area contributed by atoms with Crippen LogP contribution >= 0.6 is 34.7 Å². The Labute approximate surface area is 179 Å². The van der Waals surface area contributed by atoms with Gasteiger partial charge in [-0.3, -0.25) is 15.0 Å². The van der Waals surface area contributed by atoms with E-state index in [1.165, 1.54) is 23.1 Å². The van der Waals surface area contributed by atoms with Crippen molar-refractivity contribution in [3.63, 3.8) is 0 Å². The van der Waals surface area contributed by atoms with Gasteiger partial charge in [-0.1, -0.05) is 53.7 Å². The summed E-state index contributed by atoms with van der Waals surface area (Å²) >= 11 is 8.63. The first kappa shape index (κ1) is 19.7. The van der Waals surface area contributed by atoms with E-state index in [9.17, 15) is 14.4 Å². The second kappa shape index (κ2) is 7.66. The van der Waals surface area contributed by atoms with Crippen LogP contribution in [0.4, 0.5) is 4.79 Å². The number of carbonyl (C=O) groups excluding carboxylic acids is 3. The van der Waals surface area contributed by atoms with Gasteiger partial charge in [0.15, 0.2) is 4.34 Å². The van der Waals surface area contributed by atoms with E-state index in [1.54, 1.807) is 43.3 Å². The number of fused-ring (bicyclic) bond motifs is 1. The number of halogens is 1. The SMILES string of the molecule is CC1(c2ccccc2)NC(=O)N(NC(=O)CSc2nc3cc(Cl)ccc3s2)C1=O. The van der Waals surface area contributed by atoms with Crippen LogP contribution in [0.25, 0.3) is 10.2 Å². The minimum absolute atomic E-state index is 0.00661. The third-order valence-corrected chi connectivity index (χ3v) is 6.85. The molecule has 0 spiro atoms. The van der Waals surface area contributed by atoms with Crippen LogP contribution in [0, 0.1) is 0 Å². The fourth-order valence-electron chi connectivity index (χ4n) is 2.93. The number of nitrogens with one attached hydrogen (secondary N) is 2. The van der Waals surface area contributed by atoms with Crippen LogP contribution in [0.15, 0.2) is 52.9 Å². The molecule has 1 atom stereocenters. The lowest BCUT2D eigenvalue weighted by Crippen LogP contribution is -2.48. The summed E-state index contributed by atoms with van der Waals surface area (Å²) in [5.74, 6) is -1.01. The number of nitrogens with zero attached hydrogens (tertiary/aromatic N) is 2. The molecule has 3 aromatic rings. The molecule has 4 rings (SSSR count). The second-order valence-electron chi connectivity index (χ2n) is 6.48. The van der Waals surface area contributed by atoms with Crippen molar-refractivity contribution < 1.29 is 14.4 Å². The van der Waals surface area contributed by atoms with Crippen LogP contribution in [0.3, 0.4) is 0 Å². The fourth-order valence-corrected chi connectivity index (χ4v) is 4.94. The highest BCUT2D eigenvalue weighted by molar-refractivity contribution is 8.01. The zero-order chi connectivity index (χ0) is 20.6. The number of hydrogen-bond acceptors (Lipinski definition) is 6.